The summed E-state index contributed by atoms with van der Waals surface area (Å²) >= 11 is 13.2. The second-order valence-corrected chi connectivity index (χ2v) is 5.66. The fourth-order valence-electron chi connectivity index (χ4n) is 2.21. The van der Waals surface area contributed by atoms with Gasteiger partial charge in [0.2, 0.25) is 0 Å². The van der Waals surface area contributed by atoms with Crippen molar-refractivity contribution >= 4 is 46.4 Å². The van der Waals surface area contributed by atoms with Crippen LogP contribution in [-0.2, 0) is 0 Å². The second-order valence-electron chi connectivity index (χ2n) is 4.33. The van der Waals surface area contributed by atoms with Gasteiger partial charge in [0.15, 0.2) is 11.0 Å². The highest BCUT2D eigenvalue weighted by atomic mass is 35.5. The summed E-state index contributed by atoms with van der Waals surface area (Å²) in [5.41, 5.74) is 1.16. The summed E-state index contributed by atoms with van der Waals surface area (Å²) in [7, 11) is 0. The van der Waals surface area contributed by atoms with Gasteiger partial charge < -0.3 is 9.80 Å². The number of piperazine rings is 1. The van der Waals surface area contributed by atoms with Gasteiger partial charge in [0.05, 0.1) is 11.7 Å². The smallest absolute Gasteiger partial charge is 0.187 e. The van der Waals surface area contributed by atoms with Gasteiger partial charge >= 0.3 is 0 Å². The van der Waals surface area contributed by atoms with Gasteiger partial charge in [-0.1, -0.05) is 29.3 Å². The van der Waals surface area contributed by atoms with Crippen molar-refractivity contribution < 1.29 is 0 Å². The number of nitrogens with zero attached hydrogens (tertiary/aromatic N) is 4. The number of benzene rings is 1. The lowest BCUT2D eigenvalue weighted by molar-refractivity contribution is 0.649. The second kappa shape index (κ2) is 5.53. The maximum absolute atomic E-state index is 6.02. The molecule has 1 fully saturated rings. The van der Waals surface area contributed by atoms with Crippen LogP contribution >= 0.6 is 34.9 Å². The summed E-state index contributed by atoms with van der Waals surface area (Å²) < 4.78 is 8.24. The van der Waals surface area contributed by atoms with E-state index >= 15 is 0 Å². The van der Waals surface area contributed by atoms with Crippen LogP contribution < -0.4 is 9.80 Å². The molecule has 3 rings (SSSR count). The molecule has 19 heavy (non-hydrogen) atoms. The number of hydrogen-bond acceptors (Lipinski definition) is 5. The van der Waals surface area contributed by atoms with Crippen molar-refractivity contribution in [2.75, 3.05) is 36.0 Å². The molecule has 0 radical (unpaired) electrons. The minimum absolute atomic E-state index is 0.501. The van der Waals surface area contributed by atoms with E-state index in [9.17, 15) is 0 Å². The largest absolute Gasteiger partial charge is 0.368 e. The number of halogens is 2. The first kappa shape index (κ1) is 13.0. The minimum Gasteiger partial charge on any atom is -0.368 e. The Morgan fingerprint density at radius 2 is 1.74 bits per heavy atom. The first-order valence-electron chi connectivity index (χ1n) is 5.97. The Morgan fingerprint density at radius 1 is 1.00 bits per heavy atom. The molecule has 0 saturated carbocycles. The fraction of sp³-hybridized carbons (Fsp3) is 0.333. The summed E-state index contributed by atoms with van der Waals surface area (Å²) in [5, 5.41) is 1.27. The molecular weight excluding hydrogens is 303 g/mol. The molecule has 100 valence electrons. The third-order valence-corrected chi connectivity index (χ3v) is 4.29. The van der Waals surface area contributed by atoms with Crippen molar-refractivity contribution in [2.24, 2.45) is 0 Å². The monoisotopic (exact) mass is 314 g/mol. The Kier molecular flexibility index (Phi) is 3.77. The lowest BCUT2D eigenvalue weighted by Gasteiger charge is -2.36. The number of aromatic nitrogens is 2. The zero-order chi connectivity index (χ0) is 13.2. The molecule has 0 aliphatic carbocycles. The van der Waals surface area contributed by atoms with Crippen molar-refractivity contribution in [3.8, 4) is 0 Å². The summed E-state index contributed by atoms with van der Waals surface area (Å²) in [6.07, 6.45) is 0. The standard InChI is InChI=1S/C12H12Cl2N4S/c13-9-2-1-3-10(8-9)17-4-6-18(7-5-17)12-11(14)15-19-16-12/h1-3,8H,4-7H2. The van der Waals surface area contributed by atoms with E-state index in [0.717, 1.165) is 54.4 Å². The van der Waals surface area contributed by atoms with Gasteiger partial charge in [0.1, 0.15) is 0 Å². The van der Waals surface area contributed by atoms with E-state index in [1.807, 2.05) is 18.2 Å². The quantitative estimate of drug-likeness (QED) is 0.852. The molecule has 0 N–H and O–H groups in total. The maximum Gasteiger partial charge on any atom is 0.187 e. The minimum atomic E-state index is 0.501. The van der Waals surface area contributed by atoms with Crippen molar-refractivity contribution in [1.29, 1.82) is 0 Å². The van der Waals surface area contributed by atoms with Crippen LogP contribution in [0.5, 0.6) is 0 Å². The van der Waals surface area contributed by atoms with Crippen molar-refractivity contribution in [2.45, 2.75) is 0 Å². The molecule has 2 aromatic rings. The Balaban J connectivity index is 1.68. The van der Waals surface area contributed by atoms with Gasteiger partial charge in [-0.15, -0.1) is 0 Å². The van der Waals surface area contributed by atoms with Crippen LogP contribution in [0.1, 0.15) is 0 Å². The van der Waals surface area contributed by atoms with E-state index in [4.69, 9.17) is 23.2 Å². The molecule has 2 heterocycles. The highest BCUT2D eigenvalue weighted by Gasteiger charge is 2.21. The van der Waals surface area contributed by atoms with Crippen molar-refractivity contribution in [3.63, 3.8) is 0 Å². The van der Waals surface area contributed by atoms with Gasteiger partial charge in [0.25, 0.3) is 0 Å². The van der Waals surface area contributed by atoms with Crippen LogP contribution in [0.3, 0.4) is 0 Å². The molecule has 1 aliphatic heterocycles. The molecule has 0 amide bonds. The fourth-order valence-corrected chi connectivity index (χ4v) is 3.17. The lowest BCUT2D eigenvalue weighted by Crippen LogP contribution is -2.46. The molecular formula is C12H12Cl2N4S. The summed E-state index contributed by atoms with van der Waals surface area (Å²) in [6, 6.07) is 7.95. The number of rotatable bonds is 2. The van der Waals surface area contributed by atoms with E-state index < -0.39 is 0 Å². The Hall–Kier alpha value is -1.04. The summed E-state index contributed by atoms with van der Waals surface area (Å²) in [4.78, 5) is 4.49. The Bertz CT molecular complexity index is 566. The lowest BCUT2D eigenvalue weighted by atomic mass is 10.2. The van der Waals surface area contributed by atoms with E-state index in [1.165, 1.54) is 0 Å². The predicted octanol–water partition coefficient (Wildman–Crippen LogP) is 3.17. The highest BCUT2D eigenvalue weighted by molar-refractivity contribution is 6.99. The summed E-state index contributed by atoms with van der Waals surface area (Å²) in [5.74, 6) is 0.803. The van der Waals surface area contributed by atoms with Gasteiger partial charge in [-0.05, 0) is 18.2 Å². The summed E-state index contributed by atoms with van der Waals surface area (Å²) in [6.45, 7) is 3.62. The molecule has 7 heteroatoms. The van der Waals surface area contributed by atoms with Crippen LogP contribution in [0.4, 0.5) is 11.5 Å². The topological polar surface area (TPSA) is 32.3 Å². The van der Waals surface area contributed by atoms with Gasteiger partial charge in [-0.25, -0.2) is 0 Å². The van der Waals surface area contributed by atoms with Crippen LogP contribution in [0.15, 0.2) is 24.3 Å². The third-order valence-electron chi connectivity index (χ3n) is 3.19. The molecule has 0 spiro atoms. The average molecular weight is 315 g/mol. The number of hydrogen-bond donors (Lipinski definition) is 0. The zero-order valence-electron chi connectivity index (χ0n) is 10.1. The highest BCUT2D eigenvalue weighted by Crippen LogP contribution is 2.26. The number of anilines is 2. The van der Waals surface area contributed by atoms with Crippen LogP contribution in [-0.4, -0.2) is 34.9 Å². The third kappa shape index (κ3) is 2.78. The molecule has 0 unspecified atom stereocenters. The molecule has 1 saturated heterocycles. The van der Waals surface area contributed by atoms with Crippen LogP contribution in [0.25, 0.3) is 0 Å². The van der Waals surface area contributed by atoms with Crippen LogP contribution in [0.2, 0.25) is 10.2 Å². The maximum atomic E-state index is 6.02. The average Bonchev–Trinajstić information content (AvgIpc) is 2.85. The SMILES string of the molecule is Clc1cccc(N2CCN(c3nsnc3Cl)CC2)c1. The van der Waals surface area contributed by atoms with Crippen molar-refractivity contribution in [1.82, 2.24) is 8.75 Å². The molecule has 4 nitrogen and oxygen atoms in total. The van der Waals surface area contributed by atoms with E-state index in [2.05, 4.69) is 24.6 Å². The molecule has 1 aliphatic rings. The van der Waals surface area contributed by atoms with Gasteiger partial charge in [-0.3, -0.25) is 0 Å². The van der Waals surface area contributed by atoms with E-state index in [-0.39, 0.29) is 0 Å². The zero-order valence-corrected chi connectivity index (χ0v) is 12.4. The molecule has 0 atom stereocenters. The Labute approximate surface area is 125 Å². The van der Waals surface area contributed by atoms with Gasteiger partial charge in [-0.2, -0.15) is 8.75 Å². The molecule has 0 bridgehead atoms. The predicted molar refractivity (Wildman–Crippen MR) is 80.8 cm³/mol. The Morgan fingerprint density at radius 3 is 2.37 bits per heavy atom. The van der Waals surface area contributed by atoms with Gasteiger partial charge in [0, 0.05) is 36.9 Å². The van der Waals surface area contributed by atoms with E-state index in [1.54, 1.807) is 0 Å². The van der Waals surface area contributed by atoms with Crippen LogP contribution in [0, 0.1) is 0 Å². The van der Waals surface area contributed by atoms with E-state index in [0.29, 0.717) is 5.15 Å². The normalized spacial score (nSPS) is 15.9. The molecule has 1 aromatic carbocycles. The van der Waals surface area contributed by atoms with Crippen molar-refractivity contribution in [3.05, 3.63) is 34.4 Å². The first-order chi connectivity index (χ1) is 9.24. The molecule has 1 aromatic heterocycles. The first-order valence-corrected chi connectivity index (χ1v) is 7.46.